The van der Waals surface area contributed by atoms with Crippen molar-refractivity contribution in [3.05, 3.63) is 259 Å². The zero-order valence-corrected chi connectivity index (χ0v) is 36.5. The van der Waals surface area contributed by atoms with Gasteiger partial charge in [0.15, 0.2) is 0 Å². The van der Waals surface area contributed by atoms with Crippen LogP contribution in [0.4, 0.5) is 17.1 Å². The molecule has 0 aliphatic heterocycles. The van der Waals surface area contributed by atoms with E-state index in [1.165, 1.54) is 104 Å². The van der Waals surface area contributed by atoms with Crippen LogP contribution in [-0.2, 0) is 0 Å². The van der Waals surface area contributed by atoms with Gasteiger partial charge in [0.2, 0.25) is 0 Å². The maximum absolute atomic E-state index is 2.47. The number of anilines is 3. The fourth-order valence-corrected chi connectivity index (χ4v) is 9.52. The summed E-state index contributed by atoms with van der Waals surface area (Å²) in [5.41, 5.74) is 10.1. The molecule has 1 nitrogen and oxygen atoms in total. The van der Waals surface area contributed by atoms with Gasteiger partial charge in [-0.25, -0.2) is 0 Å². The van der Waals surface area contributed by atoms with E-state index in [1.54, 1.807) is 0 Å². The third-order valence-electron chi connectivity index (χ3n) is 12.5. The van der Waals surface area contributed by atoms with Crippen LogP contribution in [0.25, 0.3) is 75.8 Å². The molecule has 0 fully saturated rings. The molecule has 0 spiro atoms. The Morgan fingerprint density at radius 1 is 0.266 bits per heavy atom. The molecule has 0 saturated heterocycles. The second-order valence-electron chi connectivity index (χ2n) is 16.5. The molecule has 0 atom stereocenters. The van der Waals surface area contributed by atoms with Crippen LogP contribution in [0.3, 0.4) is 0 Å². The van der Waals surface area contributed by atoms with Crippen LogP contribution in [-0.4, -0.2) is 0 Å². The molecular formula is C63H49N. The van der Waals surface area contributed by atoms with Crippen molar-refractivity contribution in [2.45, 2.75) is 20.8 Å². The van der Waals surface area contributed by atoms with Gasteiger partial charge in [-0.05, 0) is 110 Å². The summed E-state index contributed by atoms with van der Waals surface area (Å²) in [7, 11) is 0. The molecule has 0 heterocycles. The first-order chi connectivity index (χ1) is 31.6. The Bertz CT molecular complexity index is 3460. The number of benzene rings is 12. The molecular weight excluding hydrogens is 771 g/mol. The Morgan fingerprint density at radius 2 is 0.625 bits per heavy atom. The second-order valence-corrected chi connectivity index (χ2v) is 16.5. The Hall–Kier alpha value is -8.00. The molecule has 0 N–H and O–H groups in total. The number of nitrogens with zero attached hydrogens (tertiary/aromatic N) is 1. The summed E-state index contributed by atoms with van der Waals surface area (Å²) in [5, 5.41) is 15.3. The highest BCUT2D eigenvalue weighted by Crippen LogP contribution is 2.51. The average Bonchev–Trinajstić information content (AvgIpc) is 3.36. The average molecular weight is 820 g/mol. The van der Waals surface area contributed by atoms with Crippen LogP contribution < -0.4 is 4.90 Å². The van der Waals surface area contributed by atoms with Crippen molar-refractivity contribution >= 4 is 81.7 Å². The van der Waals surface area contributed by atoms with E-state index < -0.39 is 0 Å². The van der Waals surface area contributed by atoms with Crippen molar-refractivity contribution in [1.82, 2.24) is 0 Å². The normalized spacial score (nSPS) is 11.0. The molecule has 0 aliphatic rings. The van der Waals surface area contributed by atoms with E-state index in [1.807, 2.05) is 18.2 Å². The highest BCUT2D eigenvalue weighted by atomic mass is 15.1. The molecule has 0 aliphatic carbocycles. The first-order valence-corrected chi connectivity index (χ1v) is 22.2. The van der Waals surface area contributed by atoms with Crippen molar-refractivity contribution in [2.75, 3.05) is 4.90 Å². The minimum atomic E-state index is 1.13. The molecule has 0 amide bonds. The van der Waals surface area contributed by atoms with Gasteiger partial charge in [0, 0.05) is 21.8 Å². The molecule has 0 aromatic heterocycles. The van der Waals surface area contributed by atoms with Crippen LogP contribution in [0.15, 0.2) is 243 Å². The van der Waals surface area contributed by atoms with Crippen LogP contribution in [0, 0.1) is 20.8 Å². The Morgan fingerprint density at radius 3 is 1.11 bits per heavy atom. The molecule has 0 saturated carbocycles. The number of hydrogen-bond donors (Lipinski definition) is 0. The first kappa shape index (κ1) is 40.1. The topological polar surface area (TPSA) is 3.24 Å². The molecule has 0 bridgehead atoms. The highest BCUT2D eigenvalue weighted by molar-refractivity contribution is 6.28. The Kier molecular flexibility index (Phi) is 11.1. The van der Waals surface area contributed by atoms with Gasteiger partial charge < -0.3 is 4.90 Å². The van der Waals surface area contributed by atoms with Gasteiger partial charge in [-0.15, -0.1) is 0 Å². The summed E-state index contributed by atoms with van der Waals surface area (Å²) in [5.74, 6) is 0. The predicted octanol–water partition coefficient (Wildman–Crippen LogP) is 18.0. The number of aryl methyl sites for hydroxylation is 3. The minimum absolute atomic E-state index is 1.13. The minimum Gasteiger partial charge on any atom is -0.309 e. The summed E-state index contributed by atoms with van der Waals surface area (Å²) in [6.07, 6.45) is 0. The van der Waals surface area contributed by atoms with E-state index in [2.05, 4.69) is 250 Å². The lowest BCUT2D eigenvalue weighted by Crippen LogP contribution is -2.12. The zero-order valence-electron chi connectivity index (χ0n) is 36.5. The monoisotopic (exact) mass is 819 g/mol. The third-order valence-corrected chi connectivity index (χ3v) is 12.5. The van der Waals surface area contributed by atoms with E-state index in [4.69, 9.17) is 0 Å². The molecule has 64 heavy (non-hydrogen) atoms. The predicted molar refractivity (Wildman–Crippen MR) is 279 cm³/mol. The number of para-hydroxylation sites is 1. The van der Waals surface area contributed by atoms with Gasteiger partial charge in [0.05, 0.1) is 11.4 Å². The summed E-state index contributed by atoms with van der Waals surface area (Å²) in [4.78, 5) is 2.47. The standard InChI is InChI=1S/C45H31N.C11H10.C7H8/c1-30-33-20-7-9-23-36(33)43(37-24-10-8-21-34(30)37)44-38-25-11-13-27-40(38)45(41-28-14-12-26-39(41)44)46(32-18-3-2-4-19-32)42-29-15-17-31-16-5-6-22-35(31)42;1-9-5-4-7-10-6-2-3-8-11(9)10;1-7-5-3-2-4-6-7/h2-29H,1H3;2-8H,1H3;2-6H,1H3. The van der Waals surface area contributed by atoms with Crippen LogP contribution >= 0.6 is 0 Å². The summed E-state index contributed by atoms with van der Waals surface area (Å²) in [6, 6.07) is 87.1. The lowest BCUT2D eigenvalue weighted by Gasteiger charge is -2.30. The number of fused-ring (bicyclic) bond motifs is 6. The van der Waals surface area contributed by atoms with E-state index in [9.17, 15) is 0 Å². The summed E-state index contributed by atoms with van der Waals surface area (Å²) in [6.45, 7) is 6.48. The summed E-state index contributed by atoms with van der Waals surface area (Å²) >= 11 is 0. The lowest BCUT2D eigenvalue weighted by molar-refractivity contribution is 1.33. The SMILES string of the molecule is Cc1c2ccccc2c(-c2c3ccccc3c(N(c3ccccc3)c3cccc4ccccc34)c3ccccc23)c2ccccc12.Cc1cccc2ccccc12.Cc1ccccc1. The van der Waals surface area contributed by atoms with Crippen LogP contribution in [0.5, 0.6) is 0 Å². The lowest BCUT2D eigenvalue weighted by atomic mass is 9.84. The van der Waals surface area contributed by atoms with E-state index >= 15 is 0 Å². The number of rotatable bonds is 4. The molecule has 12 rings (SSSR count). The molecule has 12 aromatic carbocycles. The smallest absolute Gasteiger partial charge is 0.0619 e. The fraction of sp³-hybridized carbons (Fsp3) is 0.0476. The Balaban J connectivity index is 0.000000222. The second kappa shape index (κ2) is 17.8. The van der Waals surface area contributed by atoms with Crippen LogP contribution in [0.1, 0.15) is 16.7 Å². The summed E-state index contributed by atoms with van der Waals surface area (Å²) < 4.78 is 0. The van der Waals surface area contributed by atoms with Crippen LogP contribution in [0.2, 0.25) is 0 Å². The molecule has 1 heteroatoms. The Labute approximate surface area is 376 Å². The zero-order chi connectivity index (χ0) is 43.4. The number of hydrogen-bond acceptors (Lipinski definition) is 1. The molecule has 0 unspecified atom stereocenters. The molecule has 306 valence electrons. The molecule has 12 aromatic rings. The van der Waals surface area contributed by atoms with Crippen molar-refractivity contribution in [2.24, 2.45) is 0 Å². The molecule has 0 radical (unpaired) electrons. The van der Waals surface area contributed by atoms with Gasteiger partial charge in [0.1, 0.15) is 0 Å². The van der Waals surface area contributed by atoms with Crippen molar-refractivity contribution in [1.29, 1.82) is 0 Å². The third kappa shape index (κ3) is 7.52. The maximum atomic E-state index is 2.47. The maximum Gasteiger partial charge on any atom is 0.0619 e. The quantitative estimate of drug-likeness (QED) is 0.160. The highest BCUT2D eigenvalue weighted by Gasteiger charge is 2.25. The van der Waals surface area contributed by atoms with E-state index in [0.717, 1.165) is 5.69 Å². The van der Waals surface area contributed by atoms with Gasteiger partial charge in [-0.1, -0.05) is 230 Å². The van der Waals surface area contributed by atoms with Crippen molar-refractivity contribution in [3.63, 3.8) is 0 Å². The van der Waals surface area contributed by atoms with Gasteiger partial charge in [-0.2, -0.15) is 0 Å². The van der Waals surface area contributed by atoms with Crippen molar-refractivity contribution in [3.8, 4) is 11.1 Å². The first-order valence-electron chi connectivity index (χ1n) is 22.2. The van der Waals surface area contributed by atoms with Gasteiger partial charge in [-0.3, -0.25) is 0 Å². The van der Waals surface area contributed by atoms with Crippen molar-refractivity contribution < 1.29 is 0 Å². The van der Waals surface area contributed by atoms with E-state index in [0.29, 0.717) is 0 Å². The van der Waals surface area contributed by atoms with Gasteiger partial charge in [0.25, 0.3) is 0 Å². The largest absolute Gasteiger partial charge is 0.309 e. The fourth-order valence-electron chi connectivity index (χ4n) is 9.52. The van der Waals surface area contributed by atoms with Gasteiger partial charge >= 0.3 is 0 Å². The van der Waals surface area contributed by atoms with E-state index in [-0.39, 0.29) is 0 Å².